The fourth-order valence-electron chi connectivity index (χ4n) is 4.72. The van der Waals surface area contributed by atoms with Crippen molar-refractivity contribution in [2.24, 2.45) is 4.99 Å². The van der Waals surface area contributed by atoms with Gasteiger partial charge in [-0.25, -0.2) is 9.79 Å². The summed E-state index contributed by atoms with van der Waals surface area (Å²) in [5.41, 5.74) is 2.84. The Morgan fingerprint density at radius 3 is 2.39 bits per heavy atom. The summed E-state index contributed by atoms with van der Waals surface area (Å²) in [6.45, 7) is 5.38. The highest BCUT2D eigenvalue weighted by molar-refractivity contribution is 8.15. The summed E-state index contributed by atoms with van der Waals surface area (Å²) in [5.74, 6) is -0.0485. The van der Waals surface area contributed by atoms with Crippen LogP contribution in [0.3, 0.4) is 0 Å². The van der Waals surface area contributed by atoms with Gasteiger partial charge in [0.05, 0.1) is 24.5 Å². The van der Waals surface area contributed by atoms with Crippen molar-refractivity contribution in [1.29, 1.82) is 0 Å². The second-order valence-electron chi connectivity index (χ2n) is 10.5. The van der Waals surface area contributed by atoms with E-state index in [-0.39, 0.29) is 18.2 Å². The molecule has 1 heterocycles. The third-order valence-electron chi connectivity index (χ3n) is 7.11. The van der Waals surface area contributed by atoms with E-state index in [4.69, 9.17) is 14.5 Å². The number of ether oxygens (including phenoxy) is 2. The summed E-state index contributed by atoms with van der Waals surface area (Å²) in [5, 5.41) is 2.77. The van der Waals surface area contributed by atoms with Crippen LogP contribution in [0.15, 0.2) is 83.9 Å². The van der Waals surface area contributed by atoms with Crippen LogP contribution in [-0.4, -0.2) is 52.9 Å². The first-order valence-corrected chi connectivity index (χ1v) is 16.2. The fraction of sp³-hybridized carbons (Fsp3) is 0.371. The van der Waals surface area contributed by atoms with Gasteiger partial charge in [0.15, 0.2) is 5.17 Å². The van der Waals surface area contributed by atoms with Crippen molar-refractivity contribution in [1.82, 2.24) is 4.90 Å². The molecule has 1 unspecified atom stereocenters. The quantitative estimate of drug-likeness (QED) is 0.141. The van der Waals surface area contributed by atoms with Crippen molar-refractivity contribution in [3.8, 4) is 5.75 Å². The number of unbranched alkanes of at least 4 members (excludes halogenated alkanes) is 3. The average Bonchev–Trinajstić information content (AvgIpc) is 3.04. The monoisotopic (exact) mass is 615 g/mol. The number of hydrogen-bond donors (Lipinski definition) is 1. The van der Waals surface area contributed by atoms with Crippen molar-refractivity contribution >= 4 is 46.1 Å². The van der Waals surface area contributed by atoms with Crippen LogP contribution in [0.5, 0.6) is 5.75 Å². The van der Waals surface area contributed by atoms with E-state index in [1.165, 1.54) is 30.2 Å². The molecule has 1 aliphatic rings. The van der Waals surface area contributed by atoms with E-state index in [1.54, 1.807) is 36.1 Å². The summed E-state index contributed by atoms with van der Waals surface area (Å²) in [7, 11) is 0. The number of amides is 2. The predicted molar refractivity (Wildman–Crippen MR) is 177 cm³/mol. The summed E-state index contributed by atoms with van der Waals surface area (Å²) >= 11 is 1.28. The number of nitrogens with one attached hydrogen (secondary N) is 1. The second kappa shape index (κ2) is 17.3. The molecule has 8 nitrogen and oxygen atoms in total. The molecule has 1 N–H and O–H groups in total. The molecule has 0 radical (unpaired) electrons. The lowest BCUT2D eigenvalue weighted by Gasteiger charge is -2.32. The van der Waals surface area contributed by atoms with E-state index in [9.17, 15) is 14.4 Å². The Morgan fingerprint density at radius 2 is 1.68 bits per heavy atom. The minimum Gasteiger partial charge on any atom is -0.494 e. The molecule has 1 aliphatic heterocycles. The van der Waals surface area contributed by atoms with E-state index in [0.717, 1.165) is 31.4 Å². The van der Waals surface area contributed by atoms with Crippen LogP contribution in [-0.2, 0) is 20.7 Å². The topological polar surface area (TPSA) is 97.3 Å². The minimum atomic E-state index is -0.639. The summed E-state index contributed by atoms with van der Waals surface area (Å²) < 4.78 is 10.9. The SMILES string of the molecule is CCCCCCOc1ccc(NC(=O)C2CC(=O)N(CCCc3ccccc3)C(=Nc3ccc(C(=O)OCC)cc3)S2)cc1. The van der Waals surface area contributed by atoms with Crippen molar-refractivity contribution in [2.75, 3.05) is 25.1 Å². The predicted octanol–water partition coefficient (Wildman–Crippen LogP) is 7.42. The van der Waals surface area contributed by atoms with E-state index in [2.05, 4.69) is 24.4 Å². The molecule has 4 rings (SSSR count). The lowest BCUT2D eigenvalue weighted by atomic mass is 10.1. The number of benzene rings is 3. The van der Waals surface area contributed by atoms with Crippen molar-refractivity contribution in [3.05, 3.63) is 90.0 Å². The van der Waals surface area contributed by atoms with Crippen LogP contribution in [0.1, 0.15) is 68.3 Å². The molecule has 1 saturated heterocycles. The number of aliphatic imine (C=N–C) groups is 1. The third-order valence-corrected chi connectivity index (χ3v) is 8.30. The van der Waals surface area contributed by atoms with Crippen molar-refractivity contribution < 1.29 is 23.9 Å². The van der Waals surface area contributed by atoms with E-state index in [1.807, 2.05) is 42.5 Å². The number of anilines is 1. The van der Waals surface area contributed by atoms with Crippen LogP contribution >= 0.6 is 11.8 Å². The Bertz CT molecular complexity index is 1390. The molecule has 0 aliphatic carbocycles. The highest BCUT2D eigenvalue weighted by Gasteiger charge is 2.35. The first kappa shape index (κ1) is 32.8. The largest absolute Gasteiger partial charge is 0.494 e. The molecule has 9 heteroatoms. The highest BCUT2D eigenvalue weighted by atomic mass is 32.2. The molecule has 2 amide bonds. The lowest BCUT2D eigenvalue weighted by molar-refractivity contribution is -0.129. The zero-order valence-electron chi connectivity index (χ0n) is 25.5. The van der Waals surface area contributed by atoms with Gasteiger partial charge in [-0.15, -0.1) is 0 Å². The molecule has 1 fully saturated rings. The van der Waals surface area contributed by atoms with Gasteiger partial charge in [0.1, 0.15) is 11.0 Å². The first-order valence-electron chi connectivity index (χ1n) is 15.4. The van der Waals surface area contributed by atoms with Gasteiger partial charge in [-0.05, 0) is 80.3 Å². The summed E-state index contributed by atoms with van der Waals surface area (Å²) in [6.07, 6.45) is 6.19. The Balaban J connectivity index is 1.43. The van der Waals surface area contributed by atoms with Gasteiger partial charge in [-0.1, -0.05) is 68.3 Å². The van der Waals surface area contributed by atoms with Gasteiger partial charge in [0.25, 0.3) is 0 Å². The van der Waals surface area contributed by atoms with Gasteiger partial charge in [-0.3, -0.25) is 14.5 Å². The molecule has 0 aromatic heterocycles. The van der Waals surface area contributed by atoms with Gasteiger partial charge < -0.3 is 14.8 Å². The maximum absolute atomic E-state index is 13.4. The number of hydrogen-bond acceptors (Lipinski definition) is 7. The molecular formula is C35H41N3O5S. The fourth-order valence-corrected chi connectivity index (χ4v) is 5.85. The van der Waals surface area contributed by atoms with Gasteiger partial charge in [-0.2, -0.15) is 0 Å². The molecule has 1 atom stereocenters. The van der Waals surface area contributed by atoms with E-state index < -0.39 is 11.2 Å². The Morgan fingerprint density at radius 1 is 0.932 bits per heavy atom. The highest BCUT2D eigenvalue weighted by Crippen LogP contribution is 2.31. The van der Waals surface area contributed by atoms with Crippen LogP contribution in [0.2, 0.25) is 0 Å². The molecule has 44 heavy (non-hydrogen) atoms. The molecule has 0 bridgehead atoms. The van der Waals surface area contributed by atoms with Crippen molar-refractivity contribution in [2.45, 2.75) is 64.0 Å². The van der Waals surface area contributed by atoms with Crippen LogP contribution in [0.4, 0.5) is 11.4 Å². The van der Waals surface area contributed by atoms with Gasteiger partial charge in [0.2, 0.25) is 11.8 Å². The summed E-state index contributed by atoms with van der Waals surface area (Å²) in [6, 6.07) is 24.2. The number of amidine groups is 1. The Kier molecular flexibility index (Phi) is 12.9. The number of esters is 1. The molecule has 232 valence electrons. The number of nitrogens with zero attached hydrogens (tertiary/aromatic N) is 2. The maximum Gasteiger partial charge on any atom is 0.338 e. The molecule has 0 saturated carbocycles. The molecule has 3 aromatic carbocycles. The second-order valence-corrected chi connectivity index (χ2v) is 11.7. The molecule has 3 aromatic rings. The Labute approximate surface area is 264 Å². The zero-order chi connectivity index (χ0) is 31.1. The number of carbonyl (C=O) groups is 3. The summed E-state index contributed by atoms with van der Waals surface area (Å²) in [4.78, 5) is 45.2. The standard InChI is InChI=1S/C35H41N3O5S/c1-3-5-6-10-24-43-30-21-19-28(20-22-30)36-33(40)31-25-32(39)38(23-11-14-26-12-8-7-9-13-26)35(44-31)37-29-17-15-27(16-18-29)34(41)42-4-2/h7-9,12-13,15-22,31H,3-6,10-11,14,23-25H2,1-2H3,(H,36,40). The lowest BCUT2D eigenvalue weighted by Crippen LogP contribution is -2.45. The first-order chi connectivity index (χ1) is 21.5. The molecular weight excluding hydrogens is 574 g/mol. The number of rotatable bonds is 15. The number of thioether (sulfide) groups is 1. The van der Waals surface area contributed by atoms with Crippen LogP contribution < -0.4 is 10.1 Å². The van der Waals surface area contributed by atoms with E-state index >= 15 is 0 Å². The van der Waals surface area contributed by atoms with Crippen molar-refractivity contribution in [3.63, 3.8) is 0 Å². The maximum atomic E-state index is 13.4. The van der Waals surface area contributed by atoms with Gasteiger partial charge in [0, 0.05) is 18.7 Å². The normalized spacial score (nSPS) is 15.7. The molecule has 0 spiro atoms. The van der Waals surface area contributed by atoms with Gasteiger partial charge >= 0.3 is 5.97 Å². The number of aryl methyl sites for hydroxylation is 1. The van der Waals surface area contributed by atoms with E-state index in [0.29, 0.717) is 41.9 Å². The Hall–Kier alpha value is -4.11. The smallest absolute Gasteiger partial charge is 0.338 e. The van der Waals surface area contributed by atoms with Crippen LogP contribution in [0.25, 0.3) is 0 Å². The number of carbonyl (C=O) groups excluding carboxylic acids is 3. The minimum absolute atomic E-state index is 0.0710. The zero-order valence-corrected chi connectivity index (χ0v) is 26.3. The van der Waals surface area contributed by atoms with Crippen LogP contribution in [0, 0.1) is 0 Å². The average molecular weight is 616 g/mol. The third kappa shape index (κ3) is 9.98.